The van der Waals surface area contributed by atoms with Crippen LogP contribution in [0, 0.1) is 0 Å². The zero-order valence-electron chi connectivity index (χ0n) is 12.1. The number of rotatable bonds is 4. The molecule has 8 heteroatoms. The number of nitrogens with zero attached hydrogens (tertiary/aromatic N) is 1. The van der Waals surface area contributed by atoms with Gasteiger partial charge in [-0.3, -0.25) is 4.79 Å². The first-order chi connectivity index (χ1) is 10.3. The minimum atomic E-state index is -3.07. The number of ether oxygens (including phenoxy) is 1. The number of carbonyl (C=O) groups is 2. The third-order valence-corrected chi connectivity index (χ3v) is 5.19. The molecule has 1 aliphatic heterocycles. The van der Waals surface area contributed by atoms with Gasteiger partial charge in [0.25, 0.3) is 5.91 Å². The third kappa shape index (κ3) is 3.97. The first-order valence-corrected chi connectivity index (χ1v) is 8.57. The number of benzene rings is 1. The topological polar surface area (TPSA) is 101 Å². The number of hydrogen-bond donors (Lipinski definition) is 1. The Kier molecular flexibility index (Phi) is 4.70. The van der Waals surface area contributed by atoms with Crippen molar-refractivity contribution in [3.05, 3.63) is 29.8 Å². The number of sulfone groups is 1. The summed E-state index contributed by atoms with van der Waals surface area (Å²) in [5.74, 6) is -1.02. The summed E-state index contributed by atoms with van der Waals surface area (Å²) in [6, 6.07) is 5.74. The molecule has 1 aromatic carbocycles. The molecule has 1 saturated heterocycles. The Labute approximate surface area is 128 Å². The Balaban J connectivity index is 2.05. The fourth-order valence-electron chi connectivity index (χ4n) is 2.30. The number of carboxylic acids is 1. The van der Waals surface area contributed by atoms with E-state index in [9.17, 15) is 18.0 Å². The average molecular weight is 327 g/mol. The molecular weight excluding hydrogens is 310 g/mol. The normalized spacial score (nSPS) is 20.4. The van der Waals surface area contributed by atoms with Crippen molar-refractivity contribution in [1.82, 2.24) is 4.90 Å². The summed E-state index contributed by atoms with van der Waals surface area (Å²) in [4.78, 5) is 24.3. The van der Waals surface area contributed by atoms with E-state index in [4.69, 9.17) is 9.84 Å². The molecule has 2 rings (SSSR count). The zero-order valence-corrected chi connectivity index (χ0v) is 12.9. The summed E-state index contributed by atoms with van der Waals surface area (Å²) in [5.41, 5.74) is 0.411. The lowest BCUT2D eigenvalue weighted by Crippen LogP contribution is -2.49. The molecule has 22 heavy (non-hydrogen) atoms. The number of amides is 1. The van der Waals surface area contributed by atoms with Crippen LogP contribution in [0.25, 0.3) is 0 Å². The highest BCUT2D eigenvalue weighted by Gasteiger charge is 2.31. The van der Waals surface area contributed by atoms with E-state index in [1.165, 1.54) is 29.2 Å². The van der Waals surface area contributed by atoms with Crippen LogP contribution in [0.2, 0.25) is 0 Å². The molecule has 1 N–H and O–H groups in total. The van der Waals surface area contributed by atoms with E-state index in [1.807, 2.05) is 0 Å². The Morgan fingerprint density at radius 1 is 1.32 bits per heavy atom. The predicted molar refractivity (Wildman–Crippen MR) is 78.7 cm³/mol. The molecule has 0 saturated carbocycles. The van der Waals surface area contributed by atoms with Gasteiger partial charge >= 0.3 is 5.97 Å². The van der Waals surface area contributed by atoms with Gasteiger partial charge in [0.05, 0.1) is 11.5 Å². The summed E-state index contributed by atoms with van der Waals surface area (Å²) in [7, 11) is -3.07. The van der Waals surface area contributed by atoms with E-state index in [0.29, 0.717) is 11.3 Å². The van der Waals surface area contributed by atoms with Gasteiger partial charge in [-0.1, -0.05) is 0 Å². The van der Waals surface area contributed by atoms with E-state index >= 15 is 0 Å². The van der Waals surface area contributed by atoms with Crippen LogP contribution in [0.1, 0.15) is 17.3 Å². The molecule has 0 aromatic heterocycles. The fraction of sp³-hybridized carbons (Fsp3) is 0.429. The Bertz CT molecular complexity index is 667. The van der Waals surface area contributed by atoms with Gasteiger partial charge in [0.2, 0.25) is 0 Å². The van der Waals surface area contributed by atoms with Gasteiger partial charge in [0.15, 0.2) is 16.4 Å². The van der Waals surface area contributed by atoms with Crippen LogP contribution in [-0.2, 0) is 14.6 Å². The molecule has 1 amide bonds. The van der Waals surface area contributed by atoms with E-state index in [-0.39, 0.29) is 30.0 Å². The molecule has 0 spiro atoms. The van der Waals surface area contributed by atoms with Gasteiger partial charge in [0.1, 0.15) is 5.75 Å². The molecule has 1 atom stereocenters. The summed E-state index contributed by atoms with van der Waals surface area (Å²) >= 11 is 0. The minimum absolute atomic E-state index is 0.0249. The Morgan fingerprint density at radius 3 is 2.50 bits per heavy atom. The van der Waals surface area contributed by atoms with Crippen LogP contribution in [0.3, 0.4) is 0 Å². The molecule has 0 radical (unpaired) electrons. The fourth-order valence-corrected chi connectivity index (χ4v) is 3.86. The highest BCUT2D eigenvalue weighted by Crippen LogP contribution is 2.18. The van der Waals surface area contributed by atoms with Gasteiger partial charge in [0, 0.05) is 18.2 Å². The van der Waals surface area contributed by atoms with Crippen LogP contribution in [0.4, 0.5) is 0 Å². The van der Waals surface area contributed by atoms with Crippen LogP contribution < -0.4 is 4.74 Å². The quantitative estimate of drug-likeness (QED) is 0.859. The molecule has 0 bridgehead atoms. The molecule has 0 aliphatic carbocycles. The van der Waals surface area contributed by atoms with Crippen molar-refractivity contribution in [2.75, 3.05) is 24.7 Å². The maximum atomic E-state index is 12.4. The number of carboxylic acid groups (broad SMARTS) is 1. The highest BCUT2D eigenvalue weighted by molar-refractivity contribution is 7.91. The molecule has 7 nitrogen and oxygen atoms in total. The van der Waals surface area contributed by atoms with Crippen molar-refractivity contribution in [3.63, 3.8) is 0 Å². The van der Waals surface area contributed by atoms with Crippen LogP contribution >= 0.6 is 0 Å². The molecule has 1 unspecified atom stereocenters. The second-order valence-electron chi connectivity index (χ2n) is 5.17. The molecule has 120 valence electrons. The van der Waals surface area contributed by atoms with Crippen molar-refractivity contribution in [2.24, 2.45) is 0 Å². The van der Waals surface area contributed by atoms with Gasteiger partial charge in [-0.05, 0) is 31.2 Å². The number of aliphatic carboxylic acids is 1. The SMILES string of the molecule is CC1CS(=O)(=O)CCN1C(=O)c1ccc(OCC(=O)O)cc1. The Morgan fingerprint density at radius 2 is 1.95 bits per heavy atom. The smallest absolute Gasteiger partial charge is 0.341 e. The van der Waals surface area contributed by atoms with Crippen molar-refractivity contribution in [3.8, 4) is 5.75 Å². The first-order valence-electron chi connectivity index (χ1n) is 6.74. The number of carbonyl (C=O) groups excluding carboxylic acids is 1. The third-order valence-electron chi connectivity index (χ3n) is 3.39. The van der Waals surface area contributed by atoms with E-state index in [2.05, 4.69) is 0 Å². The van der Waals surface area contributed by atoms with Crippen LogP contribution in [-0.4, -0.2) is 61.0 Å². The Hall–Kier alpha value is -2.09. The lowest BCUT2D eigenvalue weighted by Gasteiger charge is -2.33. The summed E-state index contributed by atoms with van der Waals surface area (Å²) in [6.07, 6.45) is 0. The minimum Gasteiger partial charge on any atom is -0.482 e. The summed E-state index contributed by atoms with van der Waals surface area (Å²) < 4.78 is 28.1. The van der Waals surface area contributed by atoms with Gasteiger partial charge in [-0.2, -0.15) is 0 Å². The van der Waals surface area contributed by atoms with Gasteiger partial charge in [-0.25, -0.2) is 13.2 Å². The van der Waals surface area contributed by atoms with Crippen molar-refractivity contribution in [1.29, 1.82) is 0 Å². The summed E-state index contributed by atoms with van der Waals surface area (Å²) in [5, 5.41) is 8.52. The number of hydrogen-bond acceptors (Lipinski definition) is 5. The maximum absolute atomic E-state index is 12.4. The van der Waals surface area contributed by atoms with E-state index in [0.717, 1.165) is 0 Å². The average Bonchev–Trinajstić information content (AvgIpc) is 2.44. The highest BCUT2D eigenvalue weighted by atomic mass is 32.2. The second-order valence-corrected chi connectivity index (χ2v) is 7.40. The molecule has 1 heterocycles. The predicted octanol–water partition coefficient (Wildman–Crippen LogP) is 0.409. The van der Waals surface area contributed by atoms with Gasteiger partial charge < -0.3 is 14.7 Å². The monoisotopic (exact) mass is 327 g/mol. The lowest BCUT2D eigenvalue weighted by atomic mass is 10.1. The zero-order chi connectivity index (χ0) is 16.3. The molecular formula is C14H17NO6S. The van der Waals surface area contributed by atoms with Crippen molar-refractivity contribution in [2.45, 2.75) is 13.0 Å². The van der Waals surface area contributed by atoms with Crippen molar-refractivity contribution >= 4 is 21.7 Å². The summed E-state index contributed by atoms with van der Waals surface area (Å²) in [6.45, 7) is 1.44. The second kappa shape index (κ2) is 6.35. The van der Waals surface area contributed by atoms with E-state index in [1.54, 1.807) is 6.92 Å². The van der Waals surface area contributed by atoms with E-state index < -0.39 is 22.4 Å². The lowest BCUT2D eigenvalue weighted by molar-refractivity contribution is -0.139. The standard InChI is InChI=1S/C14H17NO6S/c1-10-9-22(19,20)7-6-15(10)14(18)11-2-4-12(5-3-11)21-8-13(16)17/h2-5,10H,6-9H2,1H3,(H,16,17). The van der Waals surface area contributed by atoms with Crippen molar-refractivity contribution < 1.29 is 27.9 Å². The largest absolute Gasteiger partial charge is 0.482 e. The maximum Gasteiger partial charge on any atom is 0.341 e. The van der Waals surface area contributed by atoms with Crippen LogP contribution in [0.5, 0.6) is 5.75 Å². The first kappa shape index (κ1) is 16.3. The molecule has 1 aliphatic rings. The van der Waals surface area contributed by atoms with Crippen LogP contribution in [0.15, 0.2) is 24.3 Å². The molecule has 1 fully saturated rings. The van der Waals surface area contributed by atoms with Gasteiger partial charge in [-0.15, -0.1) is 0 Å². The molecule has 1 aromatic rings.